The number of ether oxygens (including phenoxy) is 1. The lowest BCUT2D eigenvalue weighted by Gasteiger charge is -2.40. The lowest BCUT2D eigenvalue weighted by atomic mass is 9.88. The summed E-state index contributed by atoms with van der Waals surface area (Å²) in [5.41, 5.74) is -0.354. The first-order chi connectivity index (χ1) is 8.61. The van der Waals surface area contributed by atoms with Crippen LogP contribution in [0.3, 0.4) is 0 Å². The molecule has 2 fully saturated rings. The van der Waals surface area contributed by atoms with Crippen LogP contribution in [-0.2, 0) is 4.74 Å². The molecule has 106 valence electrons. The van der Waals surface area contributed by atoms with Crippen molar-refractivity contribution in [2.75, 3.05) is 13.2 Å². The minimum atomic E-state index is -0.527. The molecule has 0 radical (unpaired) electrons. The van der Waals surface area contributed by atoms with E-state index in [0.717, 1.165) is 38.8 Å². The van der Waals surface area contributed by atoms with Gasteiger partial charge in [0.25, 0.3) is 0 Å². The van der Waals surface area contributed by atoms with E-state index in [2.05, 4.69) is 19.2 Å². The molecule has 1 saturated heterocycles. The molecule has 0 amide bonds. The highest BCUT2D eigenvalue weighted by Crippen LogP contribution is 2.40. The highest BCUT2D eigenvalue weighted by molar-refractivity contribution is 4.94. The lowest BCUT2D eigenvalue weighted by molar-refractivity contribution is -0.0863. The van der Waals surface area contributed by atoms with Gasteiger partial charge in [0, 0.05) is 19.2 Å². The normalized spacial score (nSPS) is 27.8. The quantitative estimate of drug-likeness (QED) is 0.793. The fourth-order valence-corrected chi connectivity index (χ4v) is 3.40. The van der Waals surface area contributed by atoms with E-state index < -0.39 is 5.60 Å². The molecule has 1 unspecified atom stereocenters. The van der Waals surface area contributed by atoms with Crippen LogP contribution in [-0.4, -0.2) is 35.5 Å². The Balaban J connectivity index is 1.82. The van der Waals surface area contributed by atoms with Crippen LogP contribution < -0.4 is 5.32 Å². The molecule has 1 aliphatic heterocycles. The Labute approximate surface area is 111 Å². The van der Waals surface area contributed by atoms with Crippen LogP contribution in [0.15, 0.2) is 0 Å². The summed E-state index contributed by atoms with van der Waals surface area (Å²) in [5, 5.41) is 13.9. The zero-order chi connectivity index (χ0) is 13.1. The van der Waals surface area contributed by atoms with Gasteiger partial charge in [0.1, 0.15) is 0 Å². The summed E-state index contributed by atoms with van der Waals surface area (Å²) in [4.78, 5) is 0. The van der Waals surface area contributed by atoms with E-state index in [1.165, 1.54) is 25.7 Å². The zero-order valence-electron chi connectivity index (χ0n) is 12.0. The van der Waals surface area contributed by atoms with E-state index in [9.17, 15) is 5.11 Å². The van der Waals surface area contributed by atoms with E-state index in [1.807, 2.05) is 0 Å². The van der Waals surface area contributed by atoms with Gasteiger partial charge in [-0.15, -0.1) is 0 Å². The third kappa shape index (κ3) is 3.25. The SMILES string of the molecule is CCC(O)(CC)CNC1CCOC2(CCCC2)C1. The molecule has 3 nitrogen and oxygen atoms in total. The topological polar surface area (TPSA) is 41.5 Å². The van der Waals surface area contributed by atoms with Gasteiger partial charge in [-0.25, -0.2) is 0 Å². The summed E-state index contributed by atoms with van der Waals surface area (Å²) in [6.07, 6.45) is 8.98. The molecule has 2 N–H and O–H groups in total. The van der Waals surface area contributed by atoms with Gasteiger partial charge < -0.3 is 15.2 Å². The van der Waals surface area contributed by atoms with Gasteiger partial charge in [-0.05, 0) is 38.5 Å². The molecule has 0 aromatic carbocycles. The third-order valence-corrected chi connectivity index (χ3v) is 5.04. The van der Waals surface area contributed by atoms with Gasteiger partial charge in [-0.3, -0.25) is 0 Å². The second-order valence-electron chi connectivity index (χ2n) is 6.24. The largest absolute Gasteiger partial charge is 0.389 e. The molecule has 1 atom stereocenters. The molecule has 1 aliphatic carbocycles. The predicted octanol–water partition coefficient (Wildman–Crippen LogP) is 2.62. The number of hydrogen-bond acceptors (Lipinski definition) is 3. The average molecular weight is 255 g/mol. The van der Waals surface area contributed by atoms with E-state index in [1.54, 1.807) is 0 Å². The lowest BCUT2D eigenvalue weighted by Crippen LogP contribution is -2.50. The Kier molecular flexibility index (Phi) is 4.68. The average Bonchev–Trinajstić information content (AvgIpc) is 2.84. The molecular weight excluding hydrogens is 226 g/mol. The maximum absolute atomic E-state index is 10.3. The second kappa shape index (κ2) is 5.89. The Hall–Kier alpha value is -0.120. The van der Waals surface area contributed by atoms with Crippen LogP contribution in [0.4, 0.5) is 0 Å². The van der Waals surface area contributed by atoms with E-state index in [4.69, 9.17) is 4.74 Å². The van der Waals surface area contributed by atoms with Crippen molar-refractivity contribution in [1.82, 2.24) is 5.32 Å². The fraction of sp³-hybridized carbons (Fsp3) is 1.00. The monoisotopic (exact) mass is 255 g/mol. The predicted molar refractivity (Wildman–Crippen MR) is 73.7 cm³/mol. The first-order valence-corrected chi connectivity index (χ1v) is 7.71. The van der Waals surface area contributed by atoms with Crippen molar-refractivity contribution < 1.29 is 9.84 Å². The van der Waals surface area contributed by atoms with Gasteiger partial charge >= 0.3 is 0 Å². The number of rotatable bonds is 5. The van der Waals surface area contributed by atoms with Gasteiger partial charge in [-0.1, -0.05) is 26.7 Å². The number of aliphatic hydroxyl groups is 1. The van der Waals surface area contributed by atoms with Crippen molar-refractivity contribution >= 4 is 0 Å². The summed E-state index contributed by atoms with van der Waals surface area (Å²) < 4.78 is 6.04. The van der Waals surface area contributed by atoms with Crippen molar-refractivity contribution in [3.05, 3.63) is 0 Å². The number of hydrogen-bond donors (Lipinski definition) is 2. The van der Waals surface area contributed by atoms with Crippen LogP contribution in [0.1, 0.15) is 65.2 Å². The Morgan fingerprint density at radius 1 is 1.28 bits per heavy atom. The maximum atomic E-state index is 10.3. The zero-order valence-corrected chi connectivity index (χ0v) is 12.0. The van der Waals surface area contributed by atoms with Crippen LogP contribution in [0.25, 0.3) is 0 Å². The molecule has 1 spiro atoms. The number of nitrogens with one attached hydrogen (secondary N) is 1. The van der Waals surface area contributed by atoms with E-state index >= 15 is 0 Å². The van der Waals surface area contributed by atoms with Crippen LogP contribution in [0.2, 0.25) is 0 Å². The highest BCUT2D eigenvalue weighted by atomic mass is 16.5. The summed E-state index contributed by atoms with van der Waals surface area (Å²) in [6.45, 7) is 5.73. The van der Waals surface area contributed by atoms with Gasteiger partial charge in [-0.2, -0.15) is 0 Å². The molecule has 2 aliphatic rings. The minimum Gasteiger partial charge on any atom is -0.389 e. The van der Waals surface area contributed by atoms with Crippen molar-refractivity contribution in [3.63, 3.8) is 0 Å². The third-order valence-electron chi connectivity index (χ3n) is 5.04. The molecule has 3 heteroatoms. The molecule has 0 bridgehead atoms. The van der Waals surface area contributed by atoms with E-state index in [-0.39, 0.29) is 5.60 Å². The summed E-state index contributed by atoms with van der Waals surface area (Å²) >= 11 is 0. The maximum Gasteiger partial charge on any atom is 0.0766 e. The first-order valence-electron chi connectivity index (χ1n) is 7.71. The second-order valence-corrected chi connectivity index (χ2v) is 6.24. The summed E-state index contributed by atoms with van der Waals surface area (Å²) in [7, 11) is 0. The van der Waals surface area contributed by atoms with Crippen molar-refractivity contribution in [3.8, 4) is 0 Å². The van der Waals surface area contributed by atoms with Crippen LogP contribution in [0.5, 0.6) is 0 Å². The summed E-state index contributed by atoms with van der Waals surface area (Å²) in [6, 6.07) is 0.529. The fourth-order valence-electron chi connectivity index (χ4n) is 3.40. The van der Waals surface area contributed by atoms with Gasteiger partial charge in [0.15, 0.2) is 0 Å². The highest BCUT2D eigenvalue weighted by Gasteiger charge is 2.40. The Morgan fingerprint density at radius 3 is 2.56 bits per heavy atom. The van der Waals surface area contributed by atoms with Crippen molar-refractivity contribution in [1.29, 1.82) is 0 Å². The van der Waals surface area contributed by atoms with Crippen molar-refractivity contribution in [2.24, 2.45) is 0 Å². The Bertz CT molecular complexity index is 257. The van der Waals surface area contributed by atoms with E-state index in [0.29, 0.717) is 6.04 Å². The first kappa shape index (κ1) is 14.3. The van der Waals surface area contributed by atoms with Gasteiger partial charge in [0.2, 0.25) is 0 Å². The molecule has 0 aromatic heterocycles. The smallest absolute Gasteiger partial charge is 0.0766 e. The molecule has 0 aromatic rings. The molecule has 18 heavy (non-hydrogen) atoms. The molecule has 1 saturated carbocycles. The molecular formula is C15H29NO2. The van der Waals surface area contributed by atoms with Crippen LogP contribution >= 0.6 is 0 Å². The summed E-state index contributed by atoms with van der Waals surface area (Å²) in [5.74, 6) is 0. The standard InChI is InChI=1S/C15H29NO2/c1-3-14(17,4-2)12-16-13-7-10-18-15(11-13)8-5-6-9-15/h13,16-17H,3-12H2,1-2H3. The van der Waals surface area contributed by atoms with Crippen LogP contribution in [0, 0.1) is 0 Å². The van der Waals surface area contributed by atoms with Crippen molar-refractivity contribution in [2.45, 2.75) is 82.5 Å². The minimum absolute atomic E-state index is 0.173. The van der Waals surface area contributed by atoms with Gasteiger partial charge in [0.05, 0.1) is 11.2 Å². The molecule has 1 heterocycles. The Morgan fingerprint density at radius 2 is 1.94 bits per heavy atom. The molecule has 2 rings (SSSR count).